The van der Waals surface area contributed by atoms with Crippen LogP contribution in [0.5, 0.6) is 0 Å². The van der Waals surface area contributed by atoms with Gasteiger partial charge in [-0.15, -0.1) is 0 Å². The highest BCUT2D eigenvalue weighted by molar-refractivity contribution is 5.92. The lowest BCUT2D eigenvalue weighted by atomic mass is 10.1. The minimum absolute atomic E-state index is 0.102. The van der Waals surface area contributed by atoms with Gasteiger partial charge < -0.3 is 14.7 Å². The molecule has 1 aliphatic heterocycles. The second-order valence-electron chi connectivity index (χ2n) is 5.14. The van der Waals surface area contributed by atoms with Gasteiger partial charge in [0.2, 0.25) is 0 Å². The van der Waals surface area contributed by atoms with Gasteiger partial charge in [-0.25, -0.2) is 4.98 Å². The predicted octanol–water partition coefficient (Wildman–Crippen LogP) is 2.21. The van der Waals surface area contributed by atoms with E-state index in [-0.39, 0.29) is 12.7 Å². The summed E-state index contributed by atoms with van der Waals surface area (Å²) in [7, 11) is 0. The summed E-state index contributed by atoms with van der Waals surface area (Å²) in [6, 6.07) is 10.4. The van der Waals surface area contributed by atoms with E-state index in [1.165, 1.54) is 10.8 Å². The number of hydrogen-bond acceptors (Lipinski definition) is 4. The Labute approximate surface area is 119 Å². The molecule has 0 unspecified atom stereocenters. The molecule has 0 atom stereocenters. The van der Waals surface area contributed by atoms with Gasteiger partial charge in [0.25, 0.3) is 0 Å². The van der Waals surface area contributed by atoms with Crippen LogP contribution < -0.4 is 4.90 Å². The molecule has 1 N–H and O–H groups in total. The molecule has 1 aliphatic rings. The van der Waals surface area contributed by atoms with E-state index >= 15 is 0 Å². The van der Waals surface area contributed by atoms with Crippen molar-refractivity contribution in [1.82, 2.24) is 4.98 Å². The van der Waals surface area contributed by atoms with Crippen LogP contribution in [-0.2, 0) is 4.74 Å². The van der Waals surface area contributed by atoms with Crippen LogP contribution >= 0.6 is 0 Å². The number of aliphatic hydroxyl groups is 1. The molecular formula is C16H20N2O2. The summed E-state index contributed by atoms with van der Waals surface area (Å²) in [6.07, 6.45) is 4.13. The fourth-order valence-corrected chi connectivity index (χ4v) is 2.81. The molecule has 1 saturated heterocycles. The summed E-state index contributed by atoms with van der Waals surface area (Å²) in [4.78, 5) is 6.90. The van der Waals surface area contributed by atoms with Gasteiger partial charge in [0.05, 0.1) is 19.3 Å². The highest BCUT2D eigenvalue weighted by Gasteiger charge is 2.21. The average Bonchev–Trinajstić information content (AvgIpc) is 2.53. The van der Waals surface area contributed by atoms with E-state index in [9.17, 15) is 0 Å². The number of aromatic nitrogens is 1. The number of anilines is 1. The predicted molar refractivity (Wildman–Crippen MR) is 80.0 cm³/mol. The van der Waals surface area contributed by atoms with Crippen molar-refractivity contribution in [3.63, 3.8) is 0 Å². The number of aliphatic hydroxyl groups excluding tert-OH is 1. The summed E-state index contributed by atoms with van der Waals surface area (Å²) in [6.45, 7) is 2.45. The summed E-state index contributed by atoms with van der Waals surface area (Å²) >= 11 is 0. The van der Waals surface area contributed by atoms with Crippen molar-refractivity contribution in [1.29, 1.82) is 0 Å². The first-order valence-corrected chi connectivity index (χ1v) is 7.19. The maximum absolute atomic E-state index is 8.80. The van der Waals surface area contributed by atoms with E-state index in [2.05, 4.69) is 40.2 Å². The Balaban J connectivity index is 1.74. The van der Waals surface area contributed by atoms with Gasteiger partial charge in [0.1, 0.15) is 5.82 Å². The molecule has 1 fully saturated rings. The molecule has 20 heavy (non-hydrogen) atoms. The molecular weight excluding hydrogens is 252 g/mol. The molecule has 1 aromatic carbocycles. The molecule has 1 aromatic heterocycles. The highest BCUT2D eigenvalue weighted by atomic mass is 16.5. The van der Waals surface area contributed by atoms with Gasteiger partial charge in [0.15, 0.2) is 0 Å². The number of hydrogen-bond donors (Lipinski definition) is 1. The third-order valence-corrected chi connectivity index (χ3v) is 3.84. The van der Waals surface area contributed by atoms with Crippen molar-refractivity contribution in [2.75, 3.05) is 31.2 Å². The fourth-order valence-electron chi connectivity index (χ4n) is 2.81. The minimum Gasteiger partial charge on any atom is -0.394 e. The first kappa shape index (κ1) is 13.3. The highest BCUT2D eigenvalue weighted by Crippen LogP contribution is 2.27. The molecule has 0 aliphatic carbocycles. The topological polar surface area (TPSA) is 45.6 Å². The van der Waals surface area contributed by atoms with E-state index in [4.69, 9.17) is 9.84 Å². The van der Waals surface area contributed by atoms with Crippen LogP contribution in [0.15, 0.2) is 36.5 Å². The zero-order valence-corrected chi connectivity index (χ0v) is 11.5. The van der Waals surface area contributed by atoms with E-state index in [0.29, 0.717) is 6.61 Å². The maximum Gasteiger partial charge on any atom is 0.136 e. The molecule has 2 aromatic rings. The molecule has 0 saturated carbocycles. The van der Waals surface area contributed by atoms with Crippen molar-refractivity contribution in [3.05, 3.63) is 36.5 Å². The Kier molecular flexibility index (Phi) is 4.14. The third-order valence-electron chi connectivity index (χ3n) is 3.84. The number of nitrogens with zero attached hydrogens (tertiary/aromatic N) is 2. The molecule has 0 bridgehead atoms. The minimum atomic E-state index is 0.102. The average molecular weight is 272 g/mol. The molecule has 106 valence electrons. The zero-order chi connectivity index (χ0) is 13.8. The number of ether oxygens (including phenoxy) is 1. The van der Waals surface area contributed by atoms with Gasteiger partial charge in [0, 0.05) is 24.7 Å². The Bertz CT molecular complexity index is 560. The Morgan fingerprint density at radius 1 is 1.20 bits per heavy atom. The normalized spacial score (nSPS) is 16.8. The molecule has 4 nitrogen and oxygen atoms in total. The maximum atomic E-state index is 8.80. The molecule has 3 rings (SSSR count). The Morgan fingerprint density at radius 3 is 2.80 bits per heavy atom. The van der Waals surface area contributed by atoms with Crippen LogP contribution in [0.4, 0.5) is 5.82 Å². The van der Waals surface area contributed by atoms with Crippen LogP contribution in [0.3, 0.4) is 0 Å². The molecule has 0 radical (unpaired) electrons. The van der Waals surface area contributed by atoms with E-state index in [1.54, 1.807) is 0 Å². The summed E-state index contributed by atoms with van der Waals surface area (Å²) in [5.74, 6) is 1.07. The smallest absolute Gasteiger partial charge is 0.136 e. The monoisotopic (exact) mass is 272 g/mol. The third kappa shape index (κ3) is 2.76. The summed E-state index contributed by atoms with van der Waals surface area (Å²) < 4.78 is 5.61. The van der Waals surface area contributed by atoms with Crippen molar-refractivity contribution in [2.45, 2.75) is 18.9 Å². The lowest BCUT2D eigenvalue weighted by Crippen LogP contribution is -2.37. The SMILES string of the molecule is OCCOC1CCN(c2nccc3ccccc23)CC1. The number of fused-ring (bicyclic) bond motifs is 1. The zero-order valence-electron chi connectivity index (χ0n) is 11.5. The van der Waals surface area contributed by atoms with Crippen molar-refractivity contribution >= 4 is 16.6 Å². The fraction of sp³-hybridized carbons (Fsp3) is 0.438. The lowest BCUT2D eigenvalue weighted by Gasteiger charge is -2.33. The number of rotatable bonds is 4. The molecule has 2 heterocycles. The van der Waals surface area contributed by atoms with Crippen LogP contribution in [0.1, 0.15) is 12.8 Å². The Morgan fingerprint density at radius 2 is 2.00 bits per heavy atom. The standard InChI is InChI=1S/C16H20N2O2/c19-11-12-20-14-6-9-18(10-7-14)16-15-4-2-1-3-13(15)5-8-17-16/h1-5,8,14,19H,6-7,9-12H2. The first-order chi connectivity index (χ1) is 9.88. The second-order valence-corrected chi connectivity index (χ2v) is 5.14. The van der Waals surface area contributed by atoms with Gasteiger partial charge in [-0.1, -0.05) is 24.3 Å². The lowest BCUT2D eigenvalue weighted by molar-refractivity contribution is 0.0158. The molecule has 0 amide bonds. The largest absolute Gasteiger partial charge is 0.394 e. The van der Waals surface area contributed by atoms with Gasteiger partial charge in [-0.05, 0) is 24.3 Å². The van der Waals surface area contributed by atoms with Gasteiger partial charge in [-0.2, -0.15) is 0 Å². The van der Waals surface area contributed by atoms with Crippen LogP contribution in [0, 0.1) is 0 Å². The number of pyridine rings is 1. The summed E-state index contributed by atoms with van der Waals surface area (Å²) in [5.41, 5.74) is 0. The van der Waals surface area contributed by atoms with E-state index in [1.807, 2.05) is 6.20 Å². The second kappa shape index (κ2) is 6.20. The molecule has 0 spiro atoms. The first-order valence-electron chi connectivity index (χ1n) is 7.19. The van der Waals surface area contributed by atoms with Gasteiger partial charge in [-0.3, -0.25) is 0 Å². The molecule has 4 heteroatoms. The number of benzene rings is 1. The van der Waals surface area contributed by atoms with Crippen molar-refractivity contribution in [2.24, 2.45) is 0 Å². The van der Waals surface area contributed by atoms with E-state index in [0.717, 1.165) is 31.7 Å². The van der Waals surface area contributed by atoms with Gasteiger partial charge >= 0.3 is 0 Å². The van der Waals surface area contributed by atoms with Crippen LogP contribution in [0.25, 0.3) is 10.8 Å². The van der Waals surface area contributed by atoms with Crippen LogP contribution in [0.2, 0.25) is 0 Å². The quantitative estimate of drug-likeness (QED) is 0.927. The van der Waals surface area contributed by atoms with Crippen molar-refractivity contribution < 1.29 is 9.84 Å². The summed E-state index contributed by atoms with van der Waals surface area (Å²) in [5, 5.41) is 11.2. The van der Waals surface area contributed by atoms with Crippen LogP contribution in [-0.4, -0.2) is 42.5 Å². The number of piperidine rings is 1. The van der Waals surface area contributed by atoms with Crippen molar-refractivity contribution in [3.8, 4) is 0 Å². The van der Waals surface area contributed by atoms with E-state index < -0.39 is 0 Å². The Hall–Kier alpha value is -1.65.